The fourth-order valence-corrected chi connectivity index (χ4v) is 5.17. The van der Waals surface area contributed by atoms with Gasteiger partial charge in [-0.3, -0.25) is 0 Å². The van der Waals surface area contributed by atoms with Crippen molar-refractivity contribution in [3.8, 4) is 0 Å². The second-order valence-electron chi connectivity index (χ2n) is 7.15. The smallest absolute Gasteiger partial charge is 0.331 e. The molecular weight excluding hydrogens is 293 g/mol. The molecule has 0 amide bonds. The third-order valence-electron chi connectivity index (χ3n) is 5.31. The van der Waals surface area contributed by atoms with Crippen LogP contribution in [0, 0.1) is 11.8 Å². The normalized spacial score (nSPS) is 23.4. The molecule has 22 heavy (non-hydrogen) atoms. The SMILES string of the molecule is N[C@@H](CC1CCCCC1)PCC(=CCC1CCCC1)C(=O)O. The summed E-state index contributed by atoms with van der Waals surface area (Å²) in [7, 11) is 0.552. The zero-order valence-corrected chi connectivity index (χ0v) is 14.7. The first-order valence-electron chi connectivity index (χ1n) is 9.06. The first kappa shape index (κ1) is 17.9. The molecule has 0 aliphatic heterocycles. The average molecular weight is 325 g/mol. The highest BCUT2D eigenvalue weighted by atomic mass is 31.1. The van der Waals surface area contributed by atoms with E-state index in [0.717, 1.165) is 18.8 Å². The van der Waals surface area contributed by atoms with Crippen molar-refractivity contribution in [1.29, 1.82) is 0 Å². The lowest BCUT2D eigenvalue weighted by molar-refractivity contribution is -0.132. The van der Waals surface area contributed by atoms with Crippen LogP contribution in [0.1, 0.15) is 70.6 Å². The molecule has 3 nitrogen and oxygen atoms in total. The maximum atomic E-state index is 11.4. The Morgan fingerprint density at radius 3 is 2.32 bits per heavy atom. The highest BCUT2D eigenvalue weighted by Crippen LogP contribution is 2.32. The number of carboxylic acid groups (broad SMARTS) is 1. The molecule has 3 N–H and O–H groups in total. The van der Waals surface area contributed by atoms with Crippen LogP contribution in [0.4, 0.5) is 0 Å². The van der Waals surface area contributed by atoms with Crippen LogP contribution in [0.2, 0.25) is 0 Å². The maximum absolute atomic E-state index is 11.4. The summed E-state index contributed by atoms with van der Waals surface area (Å²) in [5.74, 6) is 0.952. The zero-order valence-electron chi connectivity index (χ0n) is 13.7. The van der Waals surface area contributed by atoms with Crippen molar-refractivity contribution in [3.05, 3.63) is 11.6 Å². The van der Waals surface area contributed by atoms with Crippen LogP contribution in [-0.2, 0) is 4.79 Å². The Morgan fingerprint density at radius 2 is 1.68 bits per heavy atom. The number of allylic oxidation sites excluding steroid dienone is 1. The van der Waals surface area contributed by atoms with Gasteiger partial charge in [0.2, 0.25) is 0 Å². The van der Waals surface area contributed by atoms with Gasteiger partial charge in [0.05, 0.1) is 0 Å². The molecule has 4 heteroatoms. The largest absolute Gasteiger partial charge is 0.478 e. The van der Waals surface area contributed by atoms with Gasteiger partial charge in [-0.25, -0.2) is 4.79 Å². The van der Waals surface area contributed by atoms with Gasteiger partial charge in [0, 0.05) is 11.4 Å². The third kappa shape index (κ3) is 6.38. The summed E-state index contributed by atoms with van der Waals surface area (Å²) in [6.07, 6.45) is 16.6. The second-order valence-corrected chi connectivity index (χ2v) is 8.65. The minimum atomic E-state index is -0.740. The molecule has 2 aliphatic carbocycles. The van der Waals surface area contributed by atoms with E-state index in [-0.39, 0.29) is 5.78 Å². The van der Waals surface area contributed by atoms with Crippen molar-refractivity contribution in [2.45, 2.75) is 76.4 Å². The Hall–Kier alpha value is -0.400. The van der Waals surface area contributed by atoms with E-state index in [4.69, 9.17) is 5.73 Å². The van der Waals surface area contributed by atoms with Gasteiger partial charge in [0.1, 0.15) is 0 Å². The van der Waals surface area contributed by atoms with Crippen LogP contribution >= 0.6 is 8.58 Å². The predicted molar refractivity (Wildman–Crippen MR) is 94.6 cm³/mol. The molecular formula is C18H32NO2P. The lowest BCUT2D eigenvalue weighted by Gasteiger charge is -2.24. The van der Waals surface area contributed by atoms with Gasteiger partial charge >= 0.3 is 5.97 Å². The standard InChI is InChI=1S/C18H32NO2P/c19-17(12-15-8-2-1-3-9-15)22-13-16(18(20)21)11-10-14-6-4-5-7-14/h11,14-15,17,22H,1-10,12-13,19H2,(H,20,21)/t17-/m1/s1. The molecule has 0 spiro atoms. The van der Waals surface area contributed by atoms with E-state index in [0.29, 0.717) is 26.2 Å². The van der Waals surface area contributed by atoms with E-state index in [1.54, 1.807) is 0 Å². The van der Waals surface area contributed by atoms with Gasteiger partial charge in [-0.2, -0.15) is 0 Å². The third-order valence-corrected chi connectivity index (χ3v) is 6.66. The van der Waals surface area contributed by atoms with Crippen molar-refractivity contribution in [3.63, 3.8) is 0 Å². The Labute approximate surface area is 136 Å². The Balaban J connectivity index is 1.72. The summed E-state index contributed by atoms with van der Waals surface area (Å²) in [5.41, 5.74) is 6.86. The monoisotopic (exact) mass is 325 g/mol. The summed E-state index contributed by atoms with van der Waals surface area (Å²) >= 11 is 0. The van der Waals surface area contributed by atoms with Gasteiger partial charge in [0.15, 0.2) is 0 Å². The number of aliphatic carboxylic acids is 1. The second kappa shape index (κ2) is 9.67. The van der Waals surface area contributed by atoms with Gasteiger partial charge < -0.3 is 10.8 Å². The summed E-state index contributed by atoms with van der Waals surface area (Å²) in [5, 5.41) is 9.38. The van der Waals surface area contributed by atoms with Crippen LogP contribution in [0.3, 0.4) is 0 Å². The van der Waals surface area contributed by atoms with E-state index in [9.17, 15) is 9.90 Å². The molecule has 0 radical (unpaired) electrons. The van der Waals surface area contributed by atoms with Crippen LogP contribution < -0.4 is 5.73 Å². The summed E-state index contributed by atoms with van der Waals surface area (Å²) in [4.78, 5) is 11.4. The first-order valence-corrected chi connectivity index (χ1v) is 10.3. The molecule has 2 fully saturated rings. The van der Waals surface area contributed by atoms with E-state index < -0.39 is 5.97 Å². The van der Waals surface area contributed by atoms with Crippen LogP contribution in [0.15, 0.2) is 11.6 Å². The molecule has 0 saturated heterocycles. The highest BCUT2D eigenvalue weighted by Gasteiger charge is 2.18. The lowest BCUT2D eigenvalue weighted by atomic mass is 9.87. The fraction of sp³-hybridized carbons (Fsp3) is 0.833. The molecule has 2 rings (SSSR count). The van der Waals surface area contributed by atoms with Gasteiger partial charge in [0.25, 0.3) is 0 Å². The summed E-state index contributed by atoms with van der Waals surface area (Å²) in [6, 6.07) is 0. The van der Waals surface area contributed by atoms with Gasteiger partial charge in [-0.05, 0) is 30.8 Å². The fourth-order valence-electron chi connectivity index (χ4n) is 3.90. The number of hydrogen-bond acceptors (Lipinski definition) is 2. The Kier molecular flexibility index (Phi) is 7.89. The molecule has 0 heterocycles. The molecule has 0 bridgehead atoms. The Morgan fingerprint density at radius 1 is 1.09 bits per heavy atom. The number of rotatable bonds is 8. The molecule has 2 saturated carbocycles. The van der Waals surface area contributed by atoms with Crippen molar-refractivity contribution in [2.75, 3.05) is 6.16 Å². The van der Waals surface area contributed by atoms with Gasteiger partial charge in [-0.1, -0.05) is 72.4 Å². The number of carbonyl (C=O) groups is 1. The number of nitrogens with two attached hydrogens (primary N) is 1. The van der Waals surface area contributed by atoms with Crippen molar-refractivity contribution < 1.29 is 9.90 Å². The highest BCUT2D eigenvalue weighted by molar-refractivity contribution is 7.39. The minimum Gasteiger partial charge on any atom is -0.478 e. The van der Waals surface area contributed by atoms with E-state index >= 15 is 0 Å². The van der Waals surface area contributed by atoms with E-state index in [2.05, 4.69) is 0 Å². The molecule has 1 unspecified atom stereocenters. The first-order chi connectivity index (χ1) is 10.6. The van der Waals surface area contributed by atoms with Crippen molar-refractivity contribution in [1.82, 2.24) is 0 Å². The quantitative estimate of drug-likeness (QED) is 0.510. The molecule has 126 valence electrons. The molecule has 2 atom stereocenters. The molecule has 2 aliphatic rings. The molecule has 0 aromatic rings. The van der Waals surface area contributed by atoms with Gasteiger partial charge in [-0.15, -0.1) is 0 Å². The van der Waals surface area contributed by atoms with E-state index in [1.165, 1.54) is 57.8 Å². The van der Waals surface area contributed by atoms with Crippen molar-refractivity contribution in [2.24, 2.45) is 17.6 Å². The van der Waals surface area contributed by atoms with Crippen LogP contribution in [0.25, 0.3) is 0 Å². The van der Waals surface area contributed by atoms with Crippen LogP contribution in [0.5, 0.6) is 0 Å². The van der Waals surface area contributed by atoms with Crippen LogP contribution in [-0.4, -0.2) is 23.0 Å². The predicted octanol–water partition coefficient (Wildman–Crippen LogP) is 4.51. The molecule has 0 aromatic carbocycles. The zero-order chi connectivity index (χ0) is 15.8. The summed E-state index contributed by atoms with van der Waals surface area (Å²) < 4.78 is 0. The number of hydrogen-bond donors (Lipinski definition) is 2. The maximum Gasteiger partial charge on any atom is 0.331 e. The van der Waals surface area contributed by atoms with Crippen molar-refractivity contribution >= 4 is 14.6 Å². The average Bonchev–Trinajstić information content (AvgIpc) is 3.01. The number of carboxylic acids is 1. The van der Waals surface area contributed by atoms with E-state index in [1.807, 2.05) is 6.08 Å². The minimum absolute atomic E-state index is 0.192. The topological polar surface area (TPSA) is 63.3 Å². The summed E-state index contributed by atoms with van der Waals surface area (Å²) in [6.45, 7) is 0. The lowest BCUT2D eigenvalue weighted by Crippen LogP contribution is -2.21. The molecule has 0 aromatic heterocycles. The Bertz CT molecular complexity index is 371.